The molecule has 11 heteroatoms. The van der Waals surface area contributed by atoms with Gasteiger partial charge in [-0.1, -0.05) is 0 Å². The Morgan fingerprint density at radius 2 is 1.74 bits per heavy atom. The topological polar surface area (TPSA) is 135 Å². The molecule has 27 heavy (non-hydrogen) atoms. The van der Waals surface area contributed by atoms with Gasteiger partial charge in [-0.3, -0.25) is 16.0 Å². The van der Waals surface area contributed by atoms with Crippen molar-refractivity contribution in [2.24, 2.45) is 10.2 Å². The molecule has 0 aliphatic carbocycles. The van der Waals surface area contributed by atoms with E-state index < -0.39 is 0 Å². The Labute approximate surface area is 157 Å². The molecule has 2 aliphatic rings. The van der Waals surface area contributed by atoms with E-state index in [1.807, 2.05) is 18.5 Å². The molecule has 0 aromatic carbocycles. The zero-order valence-corrected chi connectivity index (χ0v) is 15.8. The molecule has 2 aromatic rings. The van der Waals surface area contributed by atoms with Crippen LogP contribution in [-0.2, 0) is 0 Å². The van der Waals surface area contributed by atoms with E-state index in [0.717, 1.165) is 44.6 Å². The van der Waals surface area contributed by atoms with Crippen LogP contribution in [-0.4, -0.2) is 44.2 Å². The second-order valence-corrected chi connectivity index (χ2v) is 7.00. The lowest BCUT2D eigenvalue weighted by atomic mass is 10.1. The summed E-state index contributed by atoms with van der Waals surface area (Å²) in [6, 6.07) is 0. The minimum atomic E-state index is -0.126. The molecule has 2 aliphatic heterocycles. The quantitative estimate of drug-likeness (QED) is 0.595. The van der Waals surface area contributed by atoms with Gasteiger partial charge in [0, 0.05) is 0 Å². The van der Waals surface area contributed by atoms with Gasteiger partial charge >= 0.3 is 0 Å². The molecule has 4 heterocycles. The van der Waals surface area contributed by atoms with E-state index in [4.69, 9.17) is 5.73 Å². The minimum absolute atomic E-state index is 0.103. The third-order valence-corrected chi connectivity index (χ3v) is 4.90. The van der Waals surface area contributed by atoms with Crippen molar-refractivity contribution in [2.75, 3.05) is 25.4 Å². The lowest BCUT2D eigenvalue weighted by Gasteiger charge is -2.25. The molecule has 2 fully saturated rings. The van der Waals surface area contributed by atoms with Crippen LogP contribution >= 0.6 is 0 Å². The van der Waals surface area contributed by atoms with Gasteiger partial charge in [-0.25, -0.2) is 9.36 Å². The normalized spacial score (nSPS) is 21.9. The van der Waals surface area contributed by atoms with Crippen molar-refractivity contribution in [1.82, 2.24) is 40.5 Å². The monoisotopic (exact) mass is 373 g/mol. The zero-order chi connectivity index (χ0) is 18.8. The molecule has 1 atom stereocenters. The van der Waals surface area contributed by atoms with Crippen LogP contribution in [0.5, 0.6) is 0 Å². The number of nitrogen functional groups attached to an aromatic ring is 1. The zero-order valence-electron chi connectivity index (χ0n) is 15.8. The molecule has 0 amide bonds. The molecule has 0 radical (unpaired) electrons. The molecule has 4 rings (SSSR count). The summed E-state index contributed by atoms with van der Waals surface area (Å²) in [4.78, 5) is 4.42. The first-order valence-electron chi connectivity index (χ1n) is 9.53. The molecule has 2 aromatic heterocycles. The van der Waals surface area contributed by atoms with Crippen LogP contribution in [0.2, 0.25) is 0 Å². The third kappa shape index (κ3) is 3.70. The Bertz CT molecular complexity index is 809. The Hall–Kier alpha value is -2.37. The number of hydrogen-bond acceptors (Lipinski definition) is 9. The van der Waals surface area contributed by atoms with E-state index in [0.29, 0.717) is 23.3 Å². The Kier molecular flexibility index (Phi) is 5.14. The van der Waals surface area contributed by atoms with Gasteiger partial charge in [-0.15, -0.1) is 10.2 Å². The van der Waals surface area contributed by atoms with Gasteiger partial charge in [-0.2, -0.15) is 15.2 Å². The van der Waals surface area contributed by atoms with E-state index in [1.54, 1.807) is 4.68 Å². The molecule has 11 nitrogen and oxygen atoms in total. The lowest BCUT2D eigenvalue weighted by molar-refractivity contribution is 0.270. The van der Waals surface area contributed by atoms with E-state index in [9.17, 15) is 0 Å². The van der Waals surface area contributed by atoms with Crippen LogP contribution in [0.1, 0.15) is 49.7 Å². The van der Waals surface area contributed by atoms with Crippen LogP contribution in [0, 0.1) is 13.8 Å². The first-order chi connectivity index (χ1) is 13.1. The van der Waals surface area contributed by atoms with Crippen molar-refractivity contribution in [2.45, 2.75) is 52.0 Å². The number of hydrogen-bond donors (Lipinski definition) is 4. The fourth-order valence-corrected chi connectivity index (χ4v) is 3.52. The maximum absolute atomic E-state index is 6.30. The van der Waals surface area contributed by atoms with Gasteiger partial charge in [0.25, 0.3) is 5.95 Å². The Morgan fingerprint density at radius 3 is 2.48 bits per heavy atom. The third-order valence-electron chi connectivity index (χ3n) is 4.90. The Balaban J connectivity index is 1.59. The van der Waals surface area contributed by atoms with Crippen LogP contribution in [0.15, 0.2) is 10.2 Å². The molecule has 5 N–H and O–H groups in total. The summed E-state index contributed by atoms with van der Waals surface area (Å²) in [7, 11) is 0. The number of aromatic nitrogens is 5. The summed E-state index contributed by atoms with van der Waals surface area (Å²) in [5.74, 6) is 1.63. The van der Waals surface area contributed by atoms with Crippen molar-refractivity contribution in [1.29, 1.82) is 0 Å². The summed E-state index contributed by atoms with van der Waals surface area (Å²) < 4.78 is 3.54. The smallest absolute Gasteiger partial charge is 0.269 e. The average molecular weight is 373 g/mol. The summed E-state index contributed by atoms with van der Waals surface area (Å²) >= 11 is 0. The highest BCUT2D eigenvalue weighted by molar-refractivity contribution is 5.61. The highest BCUT2D eigenvalue weighted by Gasteiger charge is 2.22. The SMILES string of the molecule is Cc1nc(N=Nc2c(C)nn(C3NCCCN3)c2N)n(C2CCCCN2)n1. The predicted octanol–water partition coefficient (Wildman–Crippen LogP) is 1.40. The number of azo groups is 1. The molecular formula is C16H27N11. The maximum atomic E-state index is 6.30. The molecule has 0 bridgehead atoms. The van der Waals surface area contributed by atoms with Crippen molar-refractivity contribution in [3.8, 4) is 0 Å². The summed E-state index contributed by atoms with van der Waals surface area (Å²) in [5, 5.41) is 27.9. The Morgan fingerprint density at radius 1 is 0.963 bits per heavy atom. The number of nitrogens with two attached hydrogens (primary N) is 1. The first kappa shape index (κ1) is 18.0. The van der Waals surface area contributed by atoms with E-state index in [-0.39, 0.29) is 12.5 Å². The van der Waals surface area contributed by atoms with E-state index in [2.05, 4.69) is 41.4 Å². The van der Waals surface area contributed by atoms with Crippen LogP contribution < -0.4 is 21.7 Å². The van der Waals surface area contributed by atoms with Crippen molar-refractivity contribution < 1.29 is 0 Å². The number of nitrogens with zero attached hydrogens (tertiary/aromatic N) is 7. The molecule has 0 saturated carbocycles. The average Bonchev–Trinajstić information content (AvgIpc) is 3.21. The summed E-state index contributed by atoms with van der Waals surface area (Å²) in [6.45, 7) is 6.55. The number of nitrogens with one attached hydrogen (secondary N) is 3. The van der Waals surface area contributed by atoms with Gasteiger partial charge in [0.15, 0.2) is 17.8 Å². The summed E-state index contributed by atoms with van der Waals surface area (Å²) in [6.07, 6.45) is 4.40. The van der Waals surface area contributed by atoms with Crippen molar-refractivity contribution >= 4 is 17.5 Å². The largest absolute Gasteiger partial charge is 0.382 e. The maximum Gasteiger partial charge on any atom is 0.269 e. The fraction of sp³-hybridized carbons (Fsp3) is 0.688. The number of anilines is 1. The van der Waals surface area contributed by atoms with Gasteiger partial charge < -0.3 is 5.73 Å². The number of aryl methyl sites for hydroxylation is 2. The van der Waals surface area contributed by atoms with Crippen LogP contribution in [0.3, 0.4) is 0 Å². The second-order valence-electron chi connectivity index (χ2n) is 7.00. The first-order valence-corrected chi connectivity index (χ1v) is 9.53. The molecule has 1 unspecified atom stereocenters. The lowest BCUT2D eigenvalue weighted by Crippen LogP contribution is -2.45. The van der Waals surface area contributed by atoms with Gasteiger partial charge in [0.1, 0.15) is 12.0 Å². The van der Waals surface area contributed by atoms with E-state index >= 15 is 0 Å². The van der Waals surface area contributed by atoms with Gasteiger partial charge in [0.2, 0.25) is 0 Å². The second kappa shape index (κ2) is 7.71. The van der Waals surface area contributed by atoms with Crippen molar-refractivity contribution in [3.05, 3.63) is 11.5 Å². The van der Waals surface area contributed by atoms with Gasteiger partial charge in [-0.05, 0) is 59.2 Å². The fourth-order valence-electron chi connectivity index (χ4n) is 3.52. The standard InChI is InChI=1S/C16H27N11/c1-10-13(14(17)27(24-10)15-19-8-5-9-20-15)22-23-16-21-11(2)25-26(16)12-6-3-4-7-18-12/h12,15,18-20H,3-9,17H2,1-2H3. The van der Waals surface area contributed by atoms with Crippen LogP contribution in [0.25, 0.3) is 0 Å². The predicted molar refractivity (Wildman–Crippen MR) is 101 cm³/mol. The number of rotatable bonds is 4. The summed E-state index contributed by atoms with van der Waals surface area (Å²) in [5.41, 5.74) is 7.59. The molecular weight excluding hydrogens is 346 g/mol. The van der Waals surface area contributed by atoms with Gasteiger partial charge in [0.05, 0.1) is 5.69 Å². The highest BCUT2D eigenvalue weighted by atomic mass is 15.5. The van der Waals surface area contributed by atoms with E-state index in [1.165, 1.54) is 6.42 Å². The molecule has 146 valence electrons. The molecule has 0 spiro atoms. The highest BCUT2D eigenvalue weighted by Crippen LogP contribution is 2.30. The molecule has 2 saturated heterocycles. The number of piperidine rings is 1. The minimum Gasteiger partial charge on any atom is -0.382 e. The van der Waals surface area contributed by atoms with Crippen molar-refractivity contribution in [3.63, 3.8) is 0 Å². The van der Waals surface area contributed by atoms with Crippen LogP contribution in [0.4, 0.5) is 17.5 Å².